The van der Waals surface area contributed by atoms with E-state index in [2.05, 4.69) is 17.2 Å². The molecule has 1 amide bonds. The third-order valence-corrected chi connectivity index (χ3v) is 3.36. The summed E-state index contributed by atoms with van der Waals surface area (Å²) < 4.78 is 0. The van der Waals surface area contributed by atoms with Gasteiger partial charge >= 0.3 is 0 Å². The maximum Gasteiger partial charge on any atom is 0.246 e. The van der Waals surface area contributed by atoms with Gasteiger partial charge in [-0.15, -0.1) is 6.58 Å². The molecular formula is C15H21N3O2. The van der Waals surface area contributed by atoms with Crippen LogP contribution in [0.3, 0.4) is 0 Å². The van der Waals surface area contributed by atoms with Crippen molar-refractivity contribution in [3.63, 3.8) is 0 Å². The summed E-state index contributed by atoms with van der Waals surface area (Å²) in [5, 5.41) is 15.2. The van der Waals surface area contributed by atoms with Crippen LogP contribution in [0.15, 0.2) is 30.9 Å². The van der Waals surface area contributed by atoms with Gasteiger partial charge in [-0.1, -0.05) is 19.1 Å². The van der Waals surface area contributed by atoms with Crippen LogP contribution < -0.4 is 15.5 Å². The number of hydrogen-bond donors (Lipinski definition) is 3. The number of hydrogen-bond acceptors (Lipinski definition) is 4. The topological polar surface area (TPSA) is 64.6 Å². The van der Waals surface area contributed by atoms with E-state index < -0.39 is 0 Å². The molecule has 108 valence electrons. The van der Waals surface area contributed by atoms with Gasteiger partial charge in [0.05, 0.1) is 6.61 Å². The van der Waals surface area contributed by atoms with E-state index in [4.69, 9.17) is 5.11 Å². The molecule has 0 saturated carbocycles. The second kappa shape index (κ2) is 6.54. The van der Waals surface area contributed by atoms with Crippen LogP contribution in [-0.4, -0.2) is 37.3 Å². The van der Waals surface area contributed by atoms with E-state index in [0.717, 1.165) is 23.5 Å². The van der Waals surface area contributed by atoms with Gasteiger partial charge in [0, 0.05) is 30.0 Å². The summed E-state index contributed by atoms with van der Waals surface area (Å²) >= 11 is 0. The van der Waals surface area contributed by atoms with Crippen LogP contribution in [-0.2, 0) is 4.79 Å². The molecule has 3 N–H and O–H groups in total. The summed E-state index contributed by atoms with van der Waals surface area (Å²) in [5.74, 6) is -0.0172. The molecule has 0 radical (unpaired) electrons. The van der Waals surface area contributed by atoms with Crippen LogP contribution in [0, 0.1) is 0 Å². The van der Waals surface area contributed by atoms with Crippen molar-refractivity contribution in [2.75, 3.05) is 36.5 Å². The van der Waals surface area contributed by atoms with Crippen LogP contribution >= 0.6 is 0 Å². The molecule has 1 aromatic carbocycles. The fourth-order valence-corrected chi connectivity index (χ4v) is 2.46. The number of anilines is 2. The number of nitrogens with zero attached hydrogens (tertiary/aromatic N) is 1. The van der Waals surface area contributed by atoms with Gasteiger partial charge in [0.1, 0.15) is 6.04 Å². The Labute approximate surface area is 119 Å². The monoisotopic (exact) mass is 275 g/mol. The van der Waals surface area contributed by atoms with Crippen molar-refractivity contribution in [3.8, 4) is 0 Å². The van der Waals surface area contributed by atoms with E-state index in [1.807, 2.05) is 30.0 Å². The van der Waals surface area contributed by atoms with Gasteiger partial charge in [-0.3, -0.25) is 4.79 Å². The van der Waals surface area contributed by atoms with Gasteiger partial charge in [-0.25, -0.2) is 0 Å². The van der Waals surface area contributed by atoms with Crippen molar-refractivity contribution in [2.24, 2.45) is 0 Å². The van der Waals surface area contributed by atoms with Crippen LogP contribution in [0.4, 0.5) is 11.4 Å². The maximum absolute atomic E-state index is 11.9. The van der Waals surface area contributed by atoms with Crippen molar-refractivity contribution in [1.29, 1.82) is 0 Å². The van der Waals surface area contributed by atoms with Crippen LogP contribution in [0.1, 0.15) is 18.5 Å². The lowest BCUT2D eigenvalue weighted by molar-refractivity contribution is -0.117. The Morgan fingerprint density at radius 2 is 2.35 bits per heavy atom. The highest BCUT2D eigenvalue weighted by atomic mass is 16.3. The molecule has 1 aliphatic rings. The summed E-state index contributed by atoms with van der Waals surface area (Å²) in [6, 6.07) is 5.62. The average molecular weight is 275 g/mol. The van der Waals surface area contributed by atoms with Crippen LogP contribution in [0.5, 0.6) is 0 Å². The van der Waals surface area contributed by atoms with E-state index >= 15 is 0 Å². The smallest absolute Gasteiger partial charge is 0.246 e. The van der Waals surface area contributed by atoms with Crippen molar-refractivity contribution in [2.45, 2.75) is 13.0 Å². The fourth-order valence-electron chi connectivity index (χ4n) is 2.46. The van der Waals surface area contributed by atoms with Crippen molar-refractivity contribution in [1.82, 2.24) is 5.32 Å². The Bertz CT molecular complexity index is 502. The zero-order valence-corrected chi connectivity index (χ0v) is 11.7. The number of nitrogens with one attached hydrogen (secondary N) is 2. The molecular weight excluding hydrogens is 254 g/mol. The zero-order valence-electron chi connectivity index (χ0n) is 11.7. The Balaban J connectivity index is 2.26. The standard InChI is InChI=1S/C15H21N3O2/c1-3-7-18(8-9-19)11-5-6-12-13(10-11)17-15(20)14(12)16-4-2/h3,5-6,10,14,16,19H,1,4,7-9H2,2H3,(H,17,20). The van der Waals surface area contributed by atoms with Gasteiger partial charge in [-0.05, 0) is 18.7 Å². The SMILES string of the molecule is C=CCN(CCO)c1ccc2c(c1)NC(=O)C2NCC. The van der Waals surface area contributed by atoms with Gasteiger partial charge in [0.25, 0.3) is 0 Å². The van der Waals surface area contributed by atoms with Gasteiger partial charge < -0.3 is 20.6 Å². The highest BCUT2D eigenvalue weighted by molar-refractivity contribution is 6.03. The maximum atomic E-state index is 11.9. The summed E-state index contributed by atoms with van der Waals surface area (Å²) in [6.45, 7) is 7.72. The number of carbonyl (C=O) groups is 1. The normalized spacial score (nSPS) is 16.7. The zero-order chi connectivity index (χ0) is 14.5. The molecule has 0 bridgehead atoms. The minimum Gasteiger partial charge on any atom is -0.395 e. The molecule has 1 heterocycles. The van der Waals surface area contributed by atoms with Crippen LogP contribution in [0.2, 0.25) is 0 Å². The summed E-state index contributed by atoms with van der Waals surface area (Å²) in [5.41, 5.74) is 2.78. The number of fused-ring (bicyclic) bond motifs is 1. The Morgan fingerprint density at radius 3 is 3.00 bits per heavy atom. The second-order valence-corrected chi connectivity index (χ2v) is 4.71. The largest absolute Gasteiger partial charge is 0.395 e. The highest BCUT2D eigenvalue weighted by Gasteiger charge is 2.29. The van der Waals surface area contributed by atoms with Crippen molar-refractivity contribution >= 4 is 17.3 Å². The van der Waals surface area contributed by atoms with Gasteiger partial charge in [-0.2, -0.15) is 0 Å². The van der Waals surface area contributed by atoms with E-state index in [0.29, 0.717) is 13.1 Å². The molecule has 2 rings (SSSR count). The molecule has 5 heteroatoms. The first-order valence-electron chi connectivity index (χ1n) is 6.86. The molecule has 1 aromatic rings. The third-order valence-electron chi connectivity index (χ3n) is 3.36. The second-order valence-electron chi connectivity index (χ2n) is 4.71. The lowest BCUT2D eigenvalue weighted by atomic mass is 10.1. The summed E-state index contributed by atoms with van der Waals surface area (Å²) in [7, 11) is 0. The Morgan fingerprint density at radius 1 is 1.55 bits per heavy atom. The third kappa shape index (κ3) is 2.84. The number of benzene rings is 1. The number of rotatable bonds is 7. The minimum absolute atomic E-state index is 0.0172. The predicted octanol–water partition coefficient (Wildman–Crippen LogP) is 1.27. The fraction of sp³-hybridized carbons (Fsp3) is 0.400. The molecule has 0 fully saturated rings. The molecule has 0 spiro atoms. The molecule has 1 aliphatic heterocycles. The molecule has 0 aliphatic carbocycles. The number of aliphatic hydroxyl groups is 1. The minimum atomic E-state index is -0.269. The molecule has 5 nitrogen and oxygen atoms in total. The highest BCUT2D eigenvalue weighted by Crippen LogP contribution is 2.33. The van der Waals surface area contributed by atoms with E-state index in [1.165, 1.54) is 0 Å². The predicted molar refractivity (Wildman–Crippen MR) is 81.0 cm³/mol. The molecule has 1 atom stereocenters. The molecule has 20 heavy (non-hydrogen) atoms. The van der Waals surface area contributed by atoms with Gasteiger partial charge in [0.2, 0.25) is 5.91 Å². The van der Waals surface area contributed by atoms with Crippen LogP contribution in [0.25, 0.3) is 0 Å². The lowest BCUT2D eigenvalue weighted by Crippen LogP contribution is -2.27. The van der Waals surface area contributed by atoms with E-state index in [-0.39, 0.29) is 18.6 Å². The molecule has 1 unspecified atom stereocenters. The first kappa shape index (κ1) is 14.6. The summed E-state index contributed by atoms with van der Waals surface area (Å²) in [4.78, 5) is 13.9. The van der Waals surface area contributed by atoms with Gasteiger partial charge in [0.15, 0.2) is 0 Å². The number of aliphatic hydroxyl groups excluding tert-OH is 1. The lowest BCUT2D eigenvalue weighted by Gasteiger charge is -2.23. The Hall–Kier alpha value is -1.85. The number of likely N-dealkylation sites (N-methyl/N-ethyl adjacent to an activating group) is 1. The summed E-state index contributed by atoms with van der Waals surface area (Å²) in [6.07, 6.45) is 1.79. The first-order valence-corrected chi connectivity index (χ1v) is 6.86. The van der Waals surface area contributed by atoms with Crippen molar-refractivity contribution < 1.29 is 9.90 Å². The van der Waals surface area contributed by atoms with Crippen molar-refractivity contribution in [3.05, 3.63) is 36.4 Å². The molecule has 0 aromatic heterocycles. The van der Waals surface area contributed by atoms with E-state index in [9.17, 15) is 4.79 Å². The quantitative estimate of drug-likeness (QED) is 0.656. The average Bonchev–Trinajstić information content (AvgIpc) is 2.74. The molecule has 0 saturated heterocycles. The van der Waals surface area contributed by atoms with E-state index in [1.54, 1.807) is 6.08 Å². The first-order chi connectivity index (χ1) is 9.71. The Kier molecular flexibility index (Phi) is 4.76. The number of carbonyl (C=O) groups excluding carboxylic acids is 1. The number of amides is 1.